The summed E-state index contributed by atoms with van der Waals surface area (Å²) in [5.74, 6) is -0.581. The van der Waals surface area contributed by atoms with Crippen molar-refractivity contribution in [2.75, 3.05) is 13.2 Å². The molecule has 64 heavy (non-hydrogen) atoms. The van der Waals surface area contributed by atoms with E-state index in [0.717, 1.165) is 38.5 Å². The molecule has 0 amide bonds. The van der Waals surface area contributed by atoms with Gasteiger partial charge in [-0.2, -0.15) is 0 Å². The molecule has 0 aliphatic rings. The Bertz CT molecular complexity index is 932. The van der Waals surface area contributed by atoms with E-state index < -0.39 is 6.10 Å². The van der Waals surface area contributed by atoms with Gasteiger partial charge in [0, 0.05) is 12.8 Å². The predicted molar refractivity (Wildman–Crippen MR) is 279 cm³/mol. The van der Waals surface area contributed by atoms with Crippen molar-refractivity contribution in [2.24, 2.45) is 0 Å². The van der Waals surface area contributed by atoms with Gasteiger partial charge >= 0.3 is 11.9 Å². The molecular formula is C59H114O5. The summed E-state index contributed by atoms with van der Waals surface area (Å²) >= 11 is 0. The van der Waals surface area contributed by atoms with Gasteiger partial charge in [-0.1, -0.05) is 296 Å². The predicted octanol–water partition coefficient (Wildman–Crippen LogP) is 19.5. The van der Waals surface area contributed by atoms with Crippen LogP contribution in [0, 0.1) is 0 Å². The highest BCUT2D eigenvalue weighted by molar-refractivity contribution is 5.70. The van der Waals surface area contributed by atoms with Crippen molar-refractivity contribution in [1.82, 2.24) is 0 Å². The number of carbonyl (C=O) groups excluding carboxylic acids is 2. The maximum atomic E-state index is 12.2. The van der Waals surface area contributed by atoms with Crippen LogP contribution in [0.5, 0.6) is 0 Å². The molecule has 1 unspecified atom stereocenters. The van der Waals surface area contributed by atoms with Gasteiger partial charge in [-0.05, 0) is 38.5 Å². The molecule has 0 saturated heterocycles. The van der Waals surface area contributed by atoms with Crippen LogP contribution >= 0.6 is 0 Å². The second-order valence-electron chi connectivity index (χ2n) is 20.1. The fourth-order valence-electron chi connectivity index (χ4n) is 9.14. The molecule has 1 N–H and O–H groups in total. The first-order valence-electron chi connectivity index (χ1n) is 29.2. The molecule has 0 spiro atoms. The Morgan fingerprint density at radius 2 is 0.578 bits per heavy atom. The van der Waals surface area contributed by atoms with Crippen molar-refractivity contribution in [1.29, 1.82) is 0 Å². The molecule has 1 atom stereocenters. The Hall–Kier alpha value is -1.36. The van der Waals surface area contributed by atoms with Crippen molar-refractivity contribution >= 4 is 11.9 Å². The number of aliphatic hydroxyl groups is 1. The molecule has 0 aromatic carbocycles. The third kappa shape index (κ3) is 53.3. The summed E-state index contributed by atoms with van der Waals surface area (Å²) in [7, 11) is 0. The minimum atomic E-state index is -0.771. The zero-order valence-electron chi connectivity index (χ0n) is 43.6. The minimum absolute atomic E-state index is 0.0624. The fraction of sp³-hybridized carbons (Fsp3) is 0.932. The molecule has 0 aromatic rings. The molecule has 5 heteroatoms. The highest BCUT2D eigenvalue weighted by Crippen LogP contribution is 2.18. The number of allylic oxidation sites excluding steroid dienone is 2. The lowest BCUT2D eigenvalue weighted by Gasteiger charge is -2.15. The maximum absolute atomic E-state index is 12.2. The van der Waals surface area contributed by atoms with Crippen LogP contribution in [0.15, 0.2) is 12.2 Å². The normalized spacial score (nSPS) is 12.1. The molecular weight excluding hydrogens is 789 g/mol. The van der Waals surface area contributed by atoms with Crippen molar-refractivity contribution in [3.05, 3.63) is 12.2 Å². The first kappa shape index (κ1) is 62.6. The molecule has 0 fully saturated rings. The van der Waals surface area contributed by atoms with E-state index in [1.54, 1.807) is 0 Å². The smallest absolute Gasteiger partial charge is 0.306 e. The van der Waals surface area contributed by atoms with Crippen LogP contribution in [-0.2, 0) is 19.1 Å². The molecule has 0 aliphatic heterocycles. The summed E-state index contributed by atoms with van der Waals surface area (Å²) in [6.45, 7) is 4.18. The molecule has 0 aliphatic carbocycles. The van der Waals surface area contributed by atoms with E-state index in [1.165, 1.54) is 270 Å². The van der Waals surface area contributed by atoms with Gasteiger partial charge in [0.05, 0.1) is 6.61 Å². The van der Waals surface area contributed by atoms with Gasteiger partial charge < -0.3 is 14.6 Å². The average molecular weight is 904 g/mol. The first-order chi connectivity index (χ1) is 31.6. The van der Waals surface area contributed by atoms with Crippen LogP contribution in [0.25, 0.3) is 0 Å². The molecule has 0 radical (unpaired) electrons. The lowest BCUT2D eigenvalue weighted by Crippen LogP contribution is -2.28. The fourth-order valence-corrected chi connectivity index (χ4v) is 9.14. The van der Waals surface area contributed by atoms with Crippen molar-refractivity contribution in [2.45, 2.75) is 341 Å². The highest BCUT2D eigenvalue weighted by atomic mass is 16.6. The van der Waals surface area contributed by atoms with E-state index in [2.05, 4.69) is 26.0 Å². The number of ether oxygens (including phenoxy) is 2. The zero-order valence-corrected chi connectivity index (χ0v) is 43.6. The van der Waals surface area contributed by atoms with Gasteiger partial charge in [0.2, 0.25) is 0 Å². The summed E-state index contributed by atoms with van der Waals surface area (Å²) in [4.78, 5) is 24.4. The Morgan fingerprint density at radius 3 is 0.844 bits per heavy atom. The Morgan fingerprint density at radius 1 is 0.344 bits per heavy atom. The molecule has 380 valence electrons. The van der Waals surface area contributed by atoms with Crippen LogP contribution in [0.4, 0.5) is 0 Å². The molecule has 0 heterocycles. The van der Waals surface area contributed by atoms with Crippen LogP contribution < -0.4 is 0 Å². The van der Waals surface area contributed by atoms with Crippen LogP contribution in [0.2, 0.25) is 0 Å². The summed E-state index contributed by atoms with van der Waals surface area (Å²) in [5, 5.41) is 9.62. The van der Waals surface area contributed by atoms with Crippen molar-refractivity contribution in [3.8, 4) is 0 Å². The molecule has 0 bridgehead atoms. The number of hydrogen-bond acceptors (Lipinski definition) is 5. The zero-order chi connectivity index (χ0) is 46.3. The average Bonchev–Trinajstić information content (AvgIpc) is 3.30. The maximum Gasteiger partial charge on any atom is 0.306 e. The van der Waals surface area contributed by atoms with Gasteiger partial charge in [0.15, 0.2) is 6.10 Å². The quantitative estimate of drug-likeness (QED) is 0.0374. The van der Waals surface area contributed by atoms with Crippen molar-refractivity contribution in [3.63, 3.8) is 0 Å². The summed E-state index contributed by atoms with van der Waals surface area (Å²) in [6, 6.07) is 0. The number of hydrogen-bond donors (Lipinski definition) is 1. The number of esters is 2. The second kappa shape index (κ2) is 56.0. The van der Waals surface area contributed by atoms with E-state index in [0.29, 0.717) is 12.8 Å². The minimum Gasteiger partial charge on any atom is -0.462 e. The lowest BCUT2D eigenvalue weighted by atomic mass is 10.0. The van der Waals surface area contributed by atoms with Gasteiger partial charge in [-0.3, -0.25) is 9.59 Å². The van der Waals surface area contributed by atoms with Crippen LogP contribution in [0.3, 0.4) is 0 Å². The van der Waals surface area contributed by atoms with E-state index >= 15 is 0 Å². The van der Waals surface area contributed by atoms with E-state index in [1.807, 2.05) is 0 Å². The van der Waals surface area contributed by atoms with Gasteiger partial charge in [0.1, 0.15) is 6.61 Å². The Balaban J connectivity index is 3.35. The van der Waals surface area contributed by atoms with Crippen LogP contribution in [0.1, 0.15) is 335 Å². The van der Waals surface area contributed by atoms with Gasteiger partial charge in [-0.25, -0.2) is 0 Å². The molecule has 0 saturated carbocycles. The lowest BCUT2D eigenvalue weighted by molar-refractivity contribution is -0.161. The van der Waals surface area contributed by atoms with Crippen molar-refractivity contribution < 1.29 is 24.2 Å². The monoisotopic (exact) mass is 903 g/mol. The third-order valence-corrected chi connectivity index (χ3v) is 13.6. The number of aliphatic hydroxyl groups excluding tert-OH is 1. The Labute approximate surface area is 401 Å². The second-order valence-corrected chi connectivity index (χ2v) is 20.1. The van der Waals surface area contributed by atoms with E-state index in [9.17, 15) is 14.7 Å². The topological polar surface area (TPSA) is 72.8 Å². The van der Waals surface area contributed by atoms with Gasteiger partial charge in [-0.15, -0.1) is 0 Å². The summed E-state index contributed by atoms with van der Waals surface area (Å²) in [6.07, 6.45) is 69.3. The first-order valence-corrected chi connectivity index (χ1v) is 29.2. The van der Waals surface area contributed by atoms with Gasteiger partial charge in [0.25, 0.3) is 0 Å². The number of unbranched alkanes of at least 4 members (excludes halogenated alkanes) is 45. The Kier molecular flexibility index (Phi) is 54.8. The van der Waals surface area contributed by atoms with E-state index in [-0.39, 0.29) is 25.2 Å². The number of rotatable bonds is 55. The third-order valence-electron chi connectivity index (χ3n) is 13.6. The molecule has 0 aromatic heterocycles. The standard InChI is InChI=1S/C59H114O5/c1-3-5-7-9-11-13-15-17-19-20-21-22-23-24-25-26-27-28-29-30-31-32-33-34-35-36-37-38-40-41-43-45-47-49-51-53-58(61)63-56-57(55-60)64-59(62)54-52-50-48-46-44-42-39-18-16-14-12-10-8-6-4-2/h18,39,57,60H,3-17,19-38,40-56H2,1-2H3/b39-18-. The summed E-state index contributed by atoms with van der Waals surface area (Å²) in [5.41, 5.74) is 0. The SMILES string of the molecule is CCCCCCCC/C=C\CCCCCCCC(=O)OC(CO)COC(=O)CCCCCCCCCCCCCCCCCCCCCCCCCCCCCCCCCCCCC. The van der Waals surface area contributed by atoms with Crippen LogP contribution in [-0.4, -0.2) is 36.4 Å². The molecule has 5 nitrogen and oxygen atoms in total. The van der Waals surface area contributed by atoms with E-state index in [4.69, 9.17) is 9.47 Å². The number of carbonyl (C=O) groups is 2. The molecule has 0 rings (SSSR count). The summed E-state index contributed by atoms with van der Waals surface area (Å²) < 4.78 is 10.7. The highest BCUT2D eigenvalue weighted by Gasteiger charge is 2.16. The largest absolute Gasteiger partial charge is 0.462 e.